The Kier molecular flexibility index (Phi) is 5.66. The number of nitrogens with zero attached hydrogens (tertiary/aromatic N) is 2. The van der Waals surface area contributed by atoms with Crippen LogP contribution in [0, 0.1) is 13.8 Å². The summed E-state index contributed by atoms with van der Waals surface area (Å²) in [5.41, 5.74) is 2.13. The molecule has 0 atom stereocenters. The molecule has 2 aromatic carbocycles. The molecular weight excluding hydrogens is 382 g/mol. The van der Waals surface area contributed by atoms with Crippen LogP contribution in [0.5, 0.6) is 11.5 Å². The summed E-state index contributed by atoms with van der Waals surface area (Å²) in [5, 5.41) is 3.89. The molecule has 1 aromatic heterocycles. The summed E-state index contributed by atoms with van der Waals surface area (Å²) in [6.07, 6.45) is 0. The van der Waals surface area contributed by atoms with Crippen LogP contribution in [0.4, 0.5) is 0 Å². The van der Waals surface area contributed by atoms with E-state index in [1.165, 1.54) is 6.07 Å². The first-order valence-corrected chi connectivity index (χ1v) is 9.95. The molecule has 3 rings (SSSR count). The maximum Gasteiger partial charge on any atom is 0.242 e. The summed E-state index contributed by atoms with van der Waals surface area (Å²) in [5.74, 6) is 1.88. The minimum absolute atomic E-state index is 0.115. The van der Waals surface area contributed by atoms with Crippen LogP contribution in [-0.2, 0) is 16.6 Å². The van der Waals surface area contributed by atoms with Gasteiger partial charge < -0.3 is 14.0 Å². The molecule has 28 heavy (non-hydrogen) atoms. The summed E-state index contributed by atoms with van der Waals surface area (Å²) >= 11 is 0. The van der Waals surface area contributed by atoms with Crippen molar-refractivity contribution in [2.24, 2.45) is 0 Å². The second-order valence-electron chi connectivity index (χ2n) is 6.08. The van der Waals surface area contributed by atoms with E-state index < -0.39 is 10.0 Å². The number of ether oxygens (including phenoxy) is 2. The van der Waals surface area contributed by atoms with E-state index in [4.69, 9.17) is 14.0 Å². The first-order valence-electron chi connectivity index (χ1n) is 8.46. The summed E-state index contributed by atoms with van der Waals surface area (Å²) in [7, 11) is -0.622. The molecule has 0 saturated heterocycles. The number of methoxy groups -OCH3 is 2. The molecule has 0 aliphatic carbocycles. The van der Waals surface area contributed by atoms with E-state index in [0.717, 1.165) is 11.1 Å². The van der Waals surface area contributed by atoms with Crippen LogP contribution in [0.25, 0.3) is 11.4 Å². The Morgan fingerprint density at radius 3 is 2.36 bits per heavy atom. The molecule has 8 nitrogen and oxygen atoms in total. The van der Waals surface area contributed by atoms with Crippen LogP contribution in [0.15, 0.2) is 45.8 Å². The van der Waals surface area contributed by atoms with Gasteiger partial charge in [0.25, 0.3) is 0 Å². The number of benzene rings is 2. The van der Waals surface area contributed by atoms with E-state index in [9.17, 15) is 8.42 Å². The predicted octanol–water partition coefficient (Wildman–Crippen LogP) is 2.85. The lowest BCUT2D eigenvalue weighted by Gasteiger charge is -2.13. The molecule has 1 N–H and O–H groups in total. The number of aromatic nitrogens is 2. The van der Waals surface area contributed by atoms with Gasteiger partial charge in [0.2, 0.25) is 21.7 Å². The molecule has 0 spiro atoms. The Labute approximate surface area is 163 Å². The van der Waals surface area contributed by atoms with E-state index >= 15 is 0 Å². The van der Waals surface area contributed by atoms with Crippen molar-refractivity contribution in [1.29, 1.82) is 0 Å². The fourth-order valence-corrected chi connectivity index (χ4v) is 3.97. The first-order chi connectivity index (χ1) is 13.4. The third-order valence-corrected chi connectivity index (χ3v) is 5.97. The van der Waals surface area contributed by atoms with Crippen molar-refractivity contribution in [3.8, 4) is 22.9 Å². The van der Waals surface area contributed by atoms with Crippen molar-refractivity contribution < 1.29 is 22.4 Å². The highest BCUT2D eigenvalue weighted by Gasteiger charge is 2.20. The maximum absolute atomic E-state index is 12.7. The normalized spacial score (nSPS) is 11.4. The van der Waals surface area contributed by atoms with Crippen LogP contribution in [0.1, 0.15) is 17.0 Å². The van der Waals surface area contributed by atoms with E-state index in [1.54, 1.807) is 51.5 Å². The Bertz CT molecular complexity index is 1080. The zero-order valence-corrected chi connectivity index (χ0v) is 16.8. The van der Waals surface area contributed by atoms with E-state index in [1.807, 2.05) is 6.92 Å². The van der Waals surface area contributed by atoms with Gasteiger partial charge in [-0.05, 0) is 61.4 Å². The zero-order valence-electron chi connectivity index (χ0n) is 16.0. The third kappa shape index (κ3) is 4.00. The molecule has 0 amide bonds. The number of sulfonamides is 1. The minimum atomic E-state index is -3.75. The Morgan fingerprint density at radius 2 is 1.71 bits per heavy atom. The molecule has 0 bridgehead atoms. The number of nitrogens with one attached hydrogen (secondary N) is 1. The number of hydrogen-bond donors (Lipinski definition) is 1. The van der Waals surface area contributed by atoms with Gasteiger partial charge in [-0.3, -0.25) is 0 Å². The molecule has 0 saturated carbocycles. The second-order valence-corrected chi connectivity index (χ2v) is 7.82. The van der Waals surface area contributed by atoms with Crippen LogP contribution in [-0.4, -0.2) is 32.8 Å². The smallest absolute Gasteiger partial charge is 0.242 e. The SMILES string of the molecule is COc1ccc(-c2noc(CNS(=O)(=O)c3ccc(OC)c(C)c3C)n2)cc1. The first kappa shape index (κ1) is 19.8. The Hall–Kier alpha value is -2.91. The Morgan fingerprint density at radius 1 is 1.00 bits per heavy atom. The van der Waals surface area contributed by atoms with E-state index in [0.29, 0.717) is 22.9 Å². The Balaban J connectivity index is 1.75. The number of hydrogen-bond acceptors (Lipinski definition) is 7. The summed E-state index contributed by atoms with van der Waals surface area (Å²) in [6.45, 7) is 3.43. The highest BCUT2D eigenvalue weighted by Crippen LogP contribution is 2.27. The standard InChI is InChI=1S/C19H21N3O5S/c1-12-13(2)17(10-9-16(12)26-4)28(23,24)20-11-18-21-19(22-27-18)14-5-7-15(25-3)8-6-14/h5-10,20H,11H2,1-4H3. The summed E-state index contributed by atoms with van der Waals surface area (Å²) in [4.78, 5) is 4.42. The summed E-state index contributed by atoms with van der Waals surface area (Å²) < 4.78 is 43.3. The molecule has 9 heteroatoms. The third-order valence-electron chi connectivity index (χ3n) is 4.43. The maximum atomic E-state index is 12.7. The fraction of sp³-hybridized carbons (Fsp3) is 0.263. The fourth-order valence-electron chi connectivity index (χ4n) is 2.70. The van der Waals surface area contributed by atoms with Gasteiger partial charge >= 0.3 is 0 Å². The largest absolute Gasteiger partial charge is 0.497 e. The highest BCUT2D eigenvalue weighted by molar-refractivity contribution is 7.89. The molecule has 148 valence electrons. The van der Waals surface area contributed by atoms with Crippen molar-refractivity contribution in [2.75, 3.05) is 14.2 Å². The van der Waals surface area contributed by atoms with Gasteiger partial charge in [-0.2, -0.15) is 4.98 Å². The quantitative estimate of drug-likeness (QED) is 0.647. The molecule has 1 heterocycles. The van der Waals surface area contributed by atoms with Gasteiger partial charge in [-0.25, -0.2) is 13.1 Å². The molecule has 0 aliphatic rings. The van der Waals surface area contributed by atoms with Gasteiger partial charge in [-0.15, -0.1) is 0 Å². The van der Waals surface area contributed by atoms with Crippen LogP contribution in [0.3, 0.4) is 0 Å². The zero-order chi connectivity index (χ0) is 20.3. The van der Waals surface area contributed by atoms with Crippen LogP contribution < -0.4 is 14.2 Å². The lowest BCUT2D eigenvalue weighted by atomic mass is 10.1. The molecular formula is C19H21N3O5S. The van der Waals surface area contributed by atoms with Crippen molar-refractivity contribution in [1.82, 2.24) is 14.9 Å². The van der Waals surface area contributed by atoms with Crippen LogP contribution in [0.2, 0.25) is 0 Å². The topological polar surface area (TPSA) is 104 Å². The van der Waals surface area contributed by atoms with Gasteiger partial charge in [0.05, 0.1) is 25.7 Å². The average Bonchev–Trinajstić information content (AvgIpc) is 3.17. The monoisotopic (exact) mass is 403 g/mol. The lowest BCUT2D eigenvalue weighted by molar-refractivity contribution is 0.376. The molecule has 0 radical (unpaired) electrons. The second kappa shape index (κ2) is 7.99. The van der Waals surface area contributed by atoms with Crippen molar-refractivity contribution in [2.45, 2.75) is 25.3 Å². The highest BCUT2D eigenvalue weighted by atomic mass is 32.2. The predicted molar refractivity (Wildman–Crippen MR) is 103 cm³/mol. The number of rotatable bonds is 7. The van der Waals surface area contributed by atoms with Crippen molar-refractivity contribution in [3.05, 3.63) is 53.4 Å². The average molecular weight is 403 g/mol. The molecule has 3 aromatic rings. The van der Waals surface area contributed by atoms with Gasteiger partial charge in [-0.1, -0.05) is 5.16 Å². The van der Waals surface area contributed by atoms with Gasteiger partial charge in [0, 0.05) is 5.56 Å². The molecule has 0 unspecified atom stereocenters. The van der Waals surface area contributed by atoms with Gasteiger partial charge in [0.15, 0.2) is 0 Å². The van der Waals surface area contributed by atoms with Crippen molar-refractivity contribution in [3.63, 3.8) is 0 Å². The van der Waals surface area contributed by atoms with Crippen molar-refractivity contribution >= 4 is 10.0 Å². The van der Waals surface area contributed by atoms with E-state index in [-0.39, 0.29) is 17.3 Å². The molecule has 0 fully saturated rings. The van der Waals surface area contributed by atoms with Gasteiger partial charge in [0.1, 0.15) is 11.5 Å². The van der Waals surface area contributed by atoms with Crippen LogP contribution >= 0.6 is 0 Å². The lowest BCUT2D eigenvalue weighted by Crippen LogP contribution is -2.24. The minimum Gasteiger partial charge on any atom is -0.497 e. The summed E-state index contributed by atoms with van der Waals surface area (Å²) in [6, 6.07) is 10.3. The molecule has 0 aliphatic heterocycles. The van der Waals surface area contributed by atoms with E-state index in [2.05, 4.69) is 14.9 Å².